The van der Waals surface area contributed by atoms with Gasteiger partial charge in [-0.25, -0.2) is 14.7 Å². The lowest BCUT2D eigenvalue weighted by molar-refractivity contribution is -0.121. The second-order valence-corrected chi connectivity index (χ2v) is 9.33. The largest absolute Gasteiger partial charge is 0.497 e. The van der Waals surface area contributed by atoms with Crippen molar-refractivity contribution in [2.45, 2.75) is 0 Å². The number of hydrogen-bond acceptors (Lipinski definition) is 6. The van der Waals surface area contributed by atoms with Gasteiger partial charge in [0.15, 0.2) is 10.3 Å². The number of halogens is 1. The van der Waals surface area contributed by atoms with Crippen LogP contribution < -0.4 is 4.74 Å². The topological polar surface area (TPSA) is 72.6 Å². The van der Waals surface area contributed by atoms with Crippen LogP contribution in [0.2, 0.25) is 5.15 Å². The fourth-order valence-electron chi connectivity index (χ4n) is 3.77. The predicted octanol–water partition coefficient (Wildman–Crippen LogP) is 6.39. The Morgan fingerprint density at radius 1 is 1.11 bits per heavy atom. The Balaban J connectivity index is 1.59. The zero-order valence-corrected chi connectivity index (χ0v) is 21.5. The number of carbonyl (C=O) groups excluding carboxylic acids is 1. The molecule has 1 fully saturated rings. The molecule has 37 heavy (non-hydrogen) atoms. The predicted molar refractivity (Wildman–Crippen MR) is 149 cm³/mol. The summed E-state index contributed by atoms with van der Waals surface area (Å²) in [4.78, 5) is 24.2. The number of ether oxygens (including phenoxy) is 1. The summed E-state index contributed by atoms with van der Waals surface area (Å²) < 4.78 is 7.12. The molecule has 1 aliphatic heterocycles. The van der Waals surface area contributed by atoms with Gasteiger partial charge < -0.3 is 4.74 Å². The van der Waals surface area contributed by atoms with Gasteiger partial charge >= 0.3 is 0 Å². The van der Waals surface area contributed by atoms with Crippen LogP contribution in [0.3, 0.4) is 0 Å². The molecule has 0 bridgehead atoms. The summed E-state index contributed by atoms with van der Waals surface area (Å²) in [5.41, 5.74) is 3.84. The van der Waals surface area contributed by atoms with Crippen LogP contribution in [-0.4, -0.2) is 44.4 Å². The summed E-state index contributed by atoms with van der Waals surface area (Å²) in [7, 11) is 1.63. The SMILES string of the molecule is C=CCN1C(=O)/C(=C/c2cn(-c3ccccc3)nc2-c2ccc(OC)cc2)SC1=Nc1cccnc1Cl. The summed E-state index contributed by atoms with van der Waals surface area (Å²) in [6.45, 7) is 4.11. The molecule has 0 N–H and O–H groups in total. The third kappa shape index (κ3) is 5.21. The van der Waals surface area contributed by atoms with E-state index >= 15 is 0 Å². The first-order valence-electron chi connectivity index (χ1n) is 11.4. The highest BCUT2D eigenvalue weighted by molar-refractivity contribution is 8.18. The molecule has 0 atom stereocenters. The van der Waals surface area contributed by atoms with Gasteiger partial charge in [0, 0.05) is 30.1 Å². The molecule has 0 radical (unpaired) electrons. The zero-order valence-electron chi connectivity index (χ0n) is 19.9. The molecule has 9 heteroatoms. The molecule has 7 nitrogen and oxygen atoms in total. The van der Waals surface area contributed by atoms with Crippen molar-refractivity contribution in [3.05, 3.63) is 107 Å². The Hall–Kier alpha value is -4.14. The molecular formula is C28H22ClN5O2S. The smallest absolute Gasteiger partial charge is 0.267 e. The normalized spacial score (nSPS) is 15.5. The number of amides is 1. The van der Waals surface area contributed by atoms with Crippen molar-refractivity contribution in [2.75, 3.05) is 13.7 Å². The Bertz CT molecular complexity index is 1510. The van der Waals surface area contributed by atoms with Gasteiger partial charge in [-0.2, -0.15) is 5.10 Å². The maximum atomic E-state index is 13.4. The number of nitrogens with zero attached hydrogens (tertiary/aromatic N) is 5. The number of aromatic nitrogens is 3. The van der Waals surface area contributed by atoms with Gasteiger partial charge in [0.05, 0.1) is 23.4 Å². The van der Waals surface area contributed by atoms with E-state index < -0.39 is 0 Å². The third-order valence-corrected chi connectivity index (χ3v) is 6.87. The number of pyridine rings is 1. The van der Waals surface area contributed by atoms with E-state index in [0.29, 0.717) is 22.3 Å². The number of methoxy groups -OCH3 is 1. The lowest BCUT2D eigenvalue weighted by Crippen LogP contribution is -2.29. The number of carbonyl (C=O) groups is 1. The highest BCUT2D eigenvalue weighted by Crippen LogP contribution is 2.37. The molecule has 0 saturated carbocycles. The van der Waals surface area contributed by atoms with Gasteiger partial charge in [0.25, 0.3) is 5.91 Å². The van der Waals surface area contributed by atoms with Gasteiger partial charge in [-0.1, -0.05) is 35.9 Å². The van der Waals surface area contributed by atoms with Crippen LogP contribution in [0.5, 0.6) is 5.75 Å². The van der Waals surface area contributed by atoms with Gasteiger partial charge in [-0.05, 0) is 66.4 Å². The van der Waals surface area contributed by atoms with Crippen molar-refractivity contribution in [1.29, 1.82) is 0 Å². The number of aliphatic imine (C=N–C) groups is 1. The highest BCUT2D eigenvalue weighted by atomic mass is 35.5. The molecule has 1 aliphatic rings. The van der Waals surface area contributed by atoms with E-state index in [9.17, 15) is 4.79 Å². The Morgan fingerprint density at radius 3 is 2.59 bits per heavy atom. The van der Waals surface area contributed by atoms with Crippen LogP contribution in [0.4, 0.5) is 5.69 Å². The number of rotatable bonds is 7. The number of benzene rings is 2. The second kappa shape index (κ2) is 10.9. The monoisotopic (exact) mass is 527 g/mol. The highest BCUT2D eigenvalue weighted by Gasteiger charge is 2.33. The van der Waals surface area contributed by atoms with E-state index in [4.69, 9.17) is 21.4 Å². The Morgan fingerprint density at radius 2 is 1.89 bits per heavy atom. The first-order valence-corrected chi connectivity index (χ1v) is 12.6. The van der Waals surface area contributed by atoms with Gasteiger partial charge in [0.1, 0.15) is 11.4 Å². The number of hydrogen-bond donors (Lipinski definition) is 0. The summed E-state index contributed by atoms with van der Waals surface area (Å²) in [6.07, 6.45) is 7.03. The van der Waals surface area contributed by atoms with Crippen molar-refractivity contribution in [3.63, 3.8) is 0 Å². The molecule has 2 aromatic carbocycles. The van der Waals surface area contributed by atoms with Crippen LogP contribution in [0.25, 0.3) is 23.0 Å². The minimum Gasteiger partial charge on any atom is -0.497 e. The minimum absolute atomic E-state index is 0.170. The first kappa shape index (κ1) is 24.5. The quantitative estimate of drug-likeness (QED) is 0.158. The fraction of sp³-hybridized carbons (Fsp3) is 0.0714. The van der Waals surface area contributed by atoms with Gasteiger partial charge in [0.2, 0.25) is 0 Å². The van der Waals surface area contributed by atoms with E-state index in [-0.39, 0.29) is 11.1 Å². The van der Waals surface area contributed by atoms with E-state index in [1.54, 1.807) is 36.4 Å². The lowest BCUT2D eigenvalue weighted by Gasteiger charge is -2.12. The molecule has 1 amide bonds. The summed E-state index contributed by atoms with van der Waals surface area (Å²) in [6, 6.07) is 21.0. The molecule has 0 aliphatic carbocycles. The minimum atomic E-state index is -0.170. The molecule has 184 valence electrons. The number of para-hydroxylation sites is 1. The van der Waals surface area contributed by atoms with Crippen molar-refractivity contribution < 1.29 is 9.53 Å². The molecule has 4 aromatic rings. The van der Waals surface area contributed by atoms with Crippen LogP contribution in [-0.2, 0) is 4.79 Å². The maximum Gasteiger partial charge on any atom is 0.267 e. The molecule has 0 unspecified atom stereocenters. The van der Waals surface area contributed by atoms with Gasteiger partial charge in [-0.15, -0.1) is 6.58 Å². The maximum absolute atomic E-state index is 13.4. The van der Waals surface area contributed by atoms with Crippen LogP contribution in [0.1, 0.15) is 5.56 Å². The number of amidine groups is 1. The van der Waals surface area contributed by atoms with Crippen LogP contribution in [0.15, 0.2) is 102 Å². The number of thioether (sulfide) groups is 1. The van der Waals surface area contributed by atoms with Crippen molar-refractivity contribution in [2.24, 2.45) is 4.99 Å². The molecule has 0 spiro atoms. The summed E-state index contributed by atoms with van der Waals surface area (Å²) >= 11 is 7.49. The average Bonchev–Trinajstić information content (AvgIpc) is 3.48. The molecule has 2 aromatic heterocycles. The first-order chi connectivity index (χ1) is 18.1. The molecule has 1 saturated heterocycles. The Kier molecular flexibility index (Phi) is 7.20. The van der Waals surface area contributed by atoms with Crippen molar-refractivity contribution in [3.8, 4) is 22.7 Å². The van der Waals surface area contributed by atoms with Gasteiger partial charge in [-0.3, -0.25) is 9.69 Å². The molecule has 5 rings (SSSR count). The van der Waals surface area contributed by atoms with Crippen LogP contribution >= 0.6 is 23.4 Å². The second-order valence-electron chi connectivity index (χ2n) is 7.96. The van der Waals surface area contributed by atoms with Crippen molar-refractivity contribution in [1.82, 2.24) is 19.7 Å². The zero-order chi connectivity index (χ0) is 25.8. The summed E-state index contributed by atoms with van der Waals surface area (Å²) in [5, 5.41) is 5.63. The van der Waals surface area contributed by atoms with Crippen LogP contribution in [0, 0.1) is 0 Å². The lowest BCUT2D eigenvalue weighted by atomic mass is 10.1. The fourth-order valence-corrected chi connectivity index (χ4v) is 4.92. The molecular weight excluding hydrogens is 506 g/mol. The van der Waals surface area contributed by atoms with E-state index in [2.05, 4.69) is 16.6 Å². The van der Waals surface area contributed by atoms with E-state index in [0.717, 1.165) is 28.3 Å². The third-order valence-electron chi connectivity index (χ3n) is 5.57. The average molecular weight is 528 g/mol. The van der Waals surface area contributed by atoms with Crippen molar-refractivity contribution >= 4 is 46.2 Å². The standard InChI is InChI=1S/C28H22ClN5O2S/c1-3-16-33-27(35)24(37-28(33)31-23-10-7-15-30-26(23)29)17-20-18-34(21-8-5-4-6-9-21)32-25(20)19-11-13-22(36-2)14-12-19/h3-15,17-18H,1,16H2,2H3/b24-17-,31-28?. The Labute approximate surface area is 223 Å². The summed E-state index contributed by atoms with van der Waals surface area (Å²) in [5.74, 6) is 0.583. The van der Waals surface area contributed by atoms with E-state index in [1.165, 1.54) is 11.8 Å². The van der Waals surface area contributed by atoms with E-state index in [1.807, 2.05) is 71.6 Å². The molecule has 3 heterocycles.